The molecule has 0 bridgehead atoms. The van der Waals surface area contributed by atoms with Crippen molar-refractivity contribution in [2.75, 3.05) is 0 Å². The van der Waals surface area contributed by atoms with Gasteiger partial charge in [0, 0.05) is 0 Å². The predicted molar refractivity (Wildman–Crippen MR) is 77.7 cm³/mol. The Kier molecular flexibility index (Phi) is 2.64. The fourth-order valence-electron chi connectivity index (χ4n) is 2.48. The Morgan fingerprint density at radius 3 is 2.28 bits per heavy atom. The zero-order chi connectivity index (χ0) is 12.5. The standard InChI is InChI=1S/C18H15/c1-13-7-3-4-8-15(13)18-12-11-14(2)16-9-5-6-10-17(16)18/h3-7,9-12H,1-2H3. The van der Waals surface area contributed by atoms with E-state index in [2.05, 4.69) is 62.4 Å². The maximum Gasteiger partial charge on any atom is -0.00697 e. The number of benzene rings is 3. The first-order chi connectivity index (χ1) is 8.77. The lowest BCUT2D eigenvalue weighted by molar-refractivity contribution is 1.45. The van der Waals surface area contributed by atoms with Crippen LogP contribution in [0.1, 0.15) is 11.1 Å². The first-order valence-electron chi connectivity index (χ1n) is 6.23. The van der Waals surface area contributed by atoms with E-state index in [0.29, 0.717) is 0 Å². The zero-order valence-electron chi connectivity index (χ0n) is 10.7. The largest absolute Gasteiger partial charge is 0.0616 e. The van der Waals surface area contributed by atoms with Crippen molar-refractivity contribution in [3.63, 3.8) is 0 Å². The van der Waals surface area contributed by atoms with E-state index < -0.39 is 0 Å². The molecule has 0 atom stereocenters. The number of hydrogen-bond donors (Lipinski definition) is 0. The minimum Gasteiger partial charge on any atom is -0.0616 e. The van der Waals surface area contributed by atoms with Crippen molar-refractivity contribution >= 4 is 10.8 Å². The lowest BCUT2D eigenvalue weighted by atomic mass is 9.93. The third kappa shape index (κ3) is 1.70. The molecule has 0 heterocycles. The van der Waals surface area contributed by atoms with Crippen LogP contribution in [0, 0.1) is 19.9 Å². The Labute approximate surface area is 108 Å². The third-order valence-electron chi connectivity index (χ3n) is 3.48. The average Bonchev–Trinajstić information content (AvgIpc) is 2.41. The third-order valence-corrected chi connectivity index (χ3v) is 3.48. The van der Waals surface area contributed by atoms with Gasteiger partial charge in [0.25, 0.3) is 0 Å². The van der Waals surface area contributed by atoms with Gasteiger partial charge < -0.3 is 0 Å². The highest BCUT2D eigenvalue weighted by molar-refractivity contribution is 5.98. The van der Waals surface area contributed by atoms with Crippen molar-refractivity contribution < 1.29 is 0 Å². The van der Waals surface area contributed by atoms with Crippen molar-refractivity contribution in [2.24, 2.45) is 0 Å². The normalized spacial score (nSPS) is 10.8. The van der Waals surface area contributed by atoms with Gasteiger partial charge in [-0.05, 0) is 52.9 Å². The van der Waals surface area contributed by atoms with E-state index in [1.807, 2.05) is 12.1 Å². The molecule has 87 valence electrons. The molecule has 0 nitrogen and oxygen atoms in total. The molecule has 0 heteroatoms. The smallest absolute Gasteiger partial charge is 0.00697 e. The van der Waals surface area contributed by atoms with Gasteiger partial charge >= 0.3 is 0 Å². The number of fused-ring (bicyclic) bond motifs is 1. The van der Waals surface area contributed by atoms with Crippen LogP contribution in [-0.2, 0) is 0 Å². The summed E-state index contributed by atoms with van der Waals surface area (Å²) in [4.78, 5) is 0. The fraction of sp³-hybridized carbons (Fsp3) is 0.111. The second-order valence-electron chi connectivity index (χ2n) is 4.70. The van der Waals surface area contributed by atoms with Crippen LogP contribution in [0.15, 0.2) is 54.6 Å². The first-order valence-corrected chi connectivity index (χ1v) is 6.23. The molecule has 0 unspecified atom stereocenters. The van der Waals surface area contributed by atoms with Gasteiger partial charge in [0.1, 0.15) is 0 Å². The van der Waals surface area contributed by atoms with Gasteiger partial charge in [0.15, 0.2) is 0 Å². The van der Waals surface area contributed by atoms with Crippen molar-refractivity contribution in [3.05, 3.63) is 71.8 Å². The fourth-order valence-corrected chi connectivity index (χ4v) is 2.48. The van der Waals surface area contributed by atoms with Crippen LogP contribution in [-0.4, -0.2) is 0 Å². The SMILES string of the molecule is Cc1ccc[c]c1-c1ccc(C)c2ccccc12. The summed E-state index contributed by atoms with van der Waals surface area (Å²) in [6, 6.07) is 22.5. The molecule has 3 rings (SSSR count). The molecule has 1 radical (unpaired) electrons. The summed E-state index contributed by atoms with van der Waals surface area (Å²) in [6.45, 7) is 4.30. The minimum absolute atomic E-state index is 1.20. The number of hydrogen-bond acceptors (Lipinski definition) is 0. The summed E-state index contributed by atoms with van der Waals surface area (Å²) >= 11 is 0. The van der Waals surface area contributed by atoms with E-state index in [4.69, 9.17) is 0 Å². The van der Waals surface area contributed by atoms with Crippen molar-refractivity contribution in [1.29, 1.82) is 0 Å². The topological polar surface area (TPSA) is 0 Å². The Bertz CT molecular complexity index is 708. The van der Waals surface area contributed by atoms with Crippen molar-refractivity contribution in [1.82, 2.24) is 0 Å². The minimum atomic E-state index is 1.20. The quantitative estimate of drug-likeness (QED) is 0.557. The highest BCUT2D eigenvalue weighted by Crippen LogP contribution is 2.31. The molecule has 3 aromatic carbocycles. The molecule has 0 fully saturated rings. The van der Waals surface area contributed by atoms with E-state index in [1.165, 1.54) is 33.0 Å². The van der Waals surface area contributed by atoms with Gasteiger partial charge in [-0.3, -0.25) is 0 Å². The number of aryl methyl sites for hydroxylation is 2. The van der Waals surface area contributed by atoms with Crippen molar-refractivity contribution in [2.45, 2.75) is 13.8 Å². The summed E-state index contributed by atoms with van der Waals surface area (Å²) in [5.74, 6) is 0. The van der Waals surface area contributed by atoms with Crippen molar-refractivity contribution in [3.8, 4) is 11.1 Å². The molecule has 0 saturated heterocycles. The Morgan fingerprint density at radius 2 is 1.50 bits per heavy atom. The molecular weight excluding hydrogens is 216 g/mol. The number of rotatable bonds is 1. The molecule has 0 aliphatic heterocycles. The maximum atomic E-state index is 3.36. The Balaban J connectivity index is 2.38. The van der Waals surface area contributed by atoms with Gasteiger partial charge in [0.05, 0.1) is 0 Å². The second-order valence-corrected chi connectivity index (χ2v) is 4.70. The van der Waals surface area contributed by atoms with E-state index in [1.54, 1.807) is 0 Å². The van der Waals surface area contributed by atoms with Crippen LogP contribution in [0.4, 0.5) is 0 Å². The highest BCUT2D eigenvalue weighted by atomic mass is 14.1. The van der Waals surface area contributed by atoms with Crippen LogP contribution in [0.2, 0.25) is 0 Å². The molecule has 0 saturated carbocycles. The van der Waals surface area contributed by atoms with Gasteiger partial charge in [0.2, 0.25) is 0 Å². The Hall–Kier alpha value is -2.08. The first kappa shape index (κ1) is 11.0. The second kappa shape index (κ2) is 4.30. The summed E-state index contributed by atoms with van der Waals surface area (Å²) in [5.41, 5.74) is 5.07. The predicted octanol–water partition coefficient (Wildman–Crippen LogP) is 4.92. The van der Waals surface area contributed by atoms with Gasteiger partial charge in [-0.1, -0.05) is 54.6 Å². The van der Waals surface area contributed by atoms with Gasteiger partial charge in [-0.15, -0.1) is 0 Å². The Morgan fingerprint density at radius 1 is 0.722 bits per heavy atom. The summed E-state index contributed by atoms with van der Waals surface area (Å²) < 4.78 is 0. The van der Waals surface area contributed by atoms with Crippen LogP contribution < -0.4 is 0 Å². The van der Waals surface area contributed by atoms with Crippen LogP contribution >= 0.6 is 0 Å². The van der Waals surface area contributed by atoms with Crippen LogP contribution in [0.25, 0.3) is 21.9 Å². The van der Waals surface area contributed by atoms with E-state index in [-0.39, 0.29) is 0 Å². The monoisotopic (exact) mass is 231 g/mol. The maximum absolute atomic E-state index is 3.36. The molecule has 0 aromatic heterocycles. The van der Waals surface area contributed by atoms with E-state index >= 15 is 0 Å². The lowest BCUT2D eigenvalue weighted by Crippen LogP contribution is -1.87. The lowest BCUT2D eigenvalue weighted by Gasteiger charge is -2.11. The van der Waals surface area contributed by atoms with Crippen LogP contribution in [0.3, 0.4) is 0 Å². The summed E-state index contributed by atoms with van der Waals surface area (Å²) in [5, 5.41) is 2.63. The van der Waals surface area contributed by atoms with E-state index in [9.17, 15) is 0 Å². The molecule has 0 spiro atoms. The average molecular weight is 231 g/mol. The molecule has 0 aliphatic carbocycles. The molecule has 18 heavy (non-hydrogen) atoms. The molecule has 0 N–H and O–H groups in total. The van der Waals surface area contributed by atoms with Crippen LogP contribution in [0.5, 0.6) is 0 Å². The zero-order valence-corrected chi connectivity index (χ0v) is 10.7. The molecule has 0 amide bonds. The summed E-state index contributed by atoms with van der Waals surface area (Å²) in [7, 11) is 0. The molecule has 3 aromatic rings. The van der Waals surface area contributed by atoms with Gasteiger partial charge in [-0.25, -0.2) is 0 Å². The molecule has 0 aliphatic rings. The van der Waals surface area contributed by atoms with Gasteiger partial charge in [-0.2, -0.15) is 0 Å². The highest BCUT2D eigenvalue weighted by Gasteiger charge is 2.07. The summed E-state index contributed by atoms with van der Waals surface area (Å²) in [6.07, 6.45) is 0. The molecular formula is C18H15. The van der Waals surface area contributed by atoms with E-state index in [0.717, 1.165) is 0 Å².